The van der Waals surface area contributed by atoms with E-state index in [2.05, 4.69) is 2.84 Å². The Kier molecular flexibility index (Phi) is 4.44. The molecular formula is Cr2O8. The van der Waals surface area contributed by atoms with Crippen molar-refractivity contribution in [1.29, 1.82) is 0 Å². The van der Waals surface area contributed by atoms with Crippen molar-refractivity contribution in [2.75, 3.05) is 0 Å². The minimum atomic E-state index is -6.07. The van der Waals surface area contributed by atoms with E-state index in [4.69, 9.17) is 0 Å². The molecule has 0 atom stereocenters. The predicted molar refractivity (Wildman–Crippen MR) is 4.52 cm³/mol. The summed E-state index contributed by atoms with van der Waals surface area (Å²) < 4.78 is 58.9. The standard InChI is InChI=1S/2Cr.8O/q;;;;;;;2*-1;+2. The fourth-order valence-corrected chi connectivity index (χ4v) is 1.74. The van der Waals surface area contributed by atoms with Gasteiger partial charge in [0, 0.05) is 0 Å². The maximum atomic E-state index is 9.38. The van der Waals surface area contributed by atoms with Crippen LogP contribution in [0.15, 0.2) is 0 Å². The van der Waals surface area contributed by atoms with Gasteiger partial charge in [0.2, 0.25) is 0 Å². The second-order valence-corrected chi connectivity index (χ2v) is 4.52. The summed E-state index contributed by atoms with van der Waals surface area (Å²) in [6.07, 6.45) is 0. The summed E-state index contributed by atoms with van der Waals surface area (Å²) in [6, 6.07) is 0. The van der Waals surface area contributed by atoms with Gasteiger partial charge >= 0.3 is 59.1 Å². The Bertz CT molecular complexity index is 232. The normalized spacial score (nSPS) is 12.2. The Labute approximate surface area is 59.5 Å². The van der Waals surface area contributed by atoms with Crippen LogP contribution in [-0.4, -0.2) is 0 Å². The number of hydrogen-bond acceptors (Lipinski definition) is 7. The van der Waals surface area contributed by atoms with Crippen molar-refractivity contribution in [3.05, 3.63) is 0 Å². The quantitative estimate of drug-likeness (QED) is 0.490. The first-order valence-electron chi connectivity index (χ1n) is 1.33. The van der Waals surface area contributed by atoms with Crippen molar-refractivity contribution < 1.29 is 59.1 Å². The average Bonchev–Trinajstić information content (AvgIpc) is 1.14. The summed E-state index contributed by atoms with van der Waals surface area (Å²) in [5, 5.41) is 0. The van der Waals surface area contributed by atoms with Gasteiger partial charge in [-0.15, -0.1) is 0 Å². The van der Waals surface area contributed by atoms with Gasteiger partial charge in [0.25, 0.3) is 0 Å². The van der Waals surface area contributed by atoms with Crippen LogP contribution >= 0.6 is 0 Å². The van der Waals surface area contributed by atoms with Gasteiger partial charge in [0.15, 0.2) is 0 Å². The van der Waals surface area contributed by atoms with Crippen molar-refractivity contribution in [3.8, 4) is 0 Å². The van der Waals surface area contributed by atoms with Crippen molar-refractivity contribution >= 4 is 0 Å². The van der Waals surface area contributed by atoms with Gasteiger partial charge in [-0.25, -0.2) is 0 Å². The fourth-order valence-electron chi connectivity index (χ4n) is 0.102. The molecular weight excluding hydrogens is 232 g/mol. The third-order valence-electron chi connectivity index (χ3n) is 0.167. The molecule has 0 aromatic rings. The van der Waals surface area contributed by atoms with Crippen molar-refractivity contribution in [3.63, 3.8) is 0 Å². The molecule has 0 unspecified atom stereocenters. The molecule has 10 heteroatoms. The van der Waals surface area contributed by atoms with Gasteiger partial charge in [-0.2, -0.15) is 0 Å². The fraction of sp³-hybridized carbons (Fsp3) is 0. The Morgan fingerprint density at radius 1 is 0.900 bits per heavy atom. The Balaban J connectivity index is 0. The molecule has 0 fully saturated rings. The molecule has 4 radical (unpaired) electrons. The Hall–Kier alpha value is 0.105. The van der Waals surface area contributed by atoms with E-state index in [1.165, 1.54) is 0 Å². The molecule has 0 heterocycles. The number of hydrogen-bond donors (Lipinski definition) is 0. The van der Waals surface area contributed by atoms with Crippen molar-refractivity contribution in [1.82, 2.24) is 0 Å². The zero-order valence-corrected chi connectivity index (χ0v) is 6.63. The molecule has 0 spiro atoms. The van der Waals surface area contributed by atoms with Gasteiger partial charge in [-0.1, -0.05) is 0 Å². The summed E-state index contributed by atoms with van der Waals surface area (Å²) in [5.74, 6) is 0. The predicted octanol–water partition coefficient (Wildman–Crippen LogP) is -3.05. The average molecular weight is 232 g/mol. The molecule has 8 nitrogen and oxygen atoms in total. The van der Waals surface area contributed by atoms with E-state index in [0.29, 0.717) is 0 Å². The van der Waals surface area contributed by atoms with E-state index < -0.39 is 27.2 Å². The molecule has 10 heavy (non-hydrogen) atoms. The summed E-state index contributed by atoms with van der Waals surface area (Å²) >= 11 is -12.1. The van der Waals surface area contributed by atoms with E-state index in [9.17, 15) is 23.5 Å². The summed E-state index contributed by atoms with van der Waals surface area (Å²) in [4.78, 5) is 0. The van der Waals surface area contributed by atoms with Gasteiger partial charge in [0.05, 0.1) is 0 Å². The third-order valence-corrected chi connectivity index (χ3v) is 2.83. The van der Waals surface area contributed by atoms with Crippen LogP contribution in [0.25, 0.3) is 0 Å². The molecule has 0 aliphatic carbocycles. The first kappa shape index (κ1) is 12.8. The molecule has 0 aromatic carbocycles. The zero-order valence-electron chi connectivity index (χ0n) is 4.08. The van der Waals surface area contributed by atoms with Crippen LogP contribution in [0.3, 0.4) is 0 Å². The van der Waals surface area contributed by atoms with Crippen molar-refractivity contribution in [2.24, 2.45) is 0 Å². The van der Waals surface area contributed by atoms with E-state index >= 15 is 0 Å². The van der Waals surface area contributed by atoms with Crippen molar-refractivity contribution in [2.45, 2.75) is 0 Å². The van der Waals surface area contributed by atoms with Crippen LogP contribution in [0.2, 0.25) is 0 Å². The van der Waals surface area contributed by atoms with Crippen LogP contribution in [0.1, 0.15) is 0 Å². The second kappa shape index (κ2) is 3.48. The molecule has 0 N–H and O–H groups in total. The molecule has 0 aliphatic rings. The van der Waals surface area contributed by atoms with Gasteiger partial charge < -0.3 is 0 Å². The van der Waals surface area contributed by atoms with Crippen LogP contribution in [-0.2, 0) is 50.8 Å². The van der Waals surface area contributed by atoms with Gasteiger partial charge in [-0.3, -0.25) is 0 Å². The van der Waals surface area contributed by atoms with E-state index in [1.807, 2.05) is 0 Å². The molecule has 0 aromatic heterocycles. The topological polar surface area (TPSA) is 152 Å². The van der Waals surface area contributed by atoms with Crippen LogP contribution in [0.5, 0.6) is 0 Å². The monoisotopic (exact) mass is 232 g/mol. The molecule has 0 saturated carbocycles. The summed E-state index contributed by atoms with van der Waals surface area (Å²) in [6.45, 7) is 0. The minimum absolute atomic E-state index is 0. The van der Waals surface area contributed by atoms with Crippen LogP contribution in [0.4, 0.5) is 0 Å². The van der Waals surface area contributed by atoms with E-state index in [1.54, 1.807) is 0 Å². The van der Waals surface area contributed by atoms with Gasteiger partial charge in [0.1, 0.15) is 0 Å². The molecule has 0 saturated heterocycles. The molecule has 0 aliphatic heterocycles. The maximum absolute atomic E-state index is 9.38. The van der Waals surface area contributed by atoms with Crippen LogP contribution in [0, 0.1) is 0 Å². The first-order valence-corrected chi connectivity index (χ1v) is 5.50. The Morgan fingerprint density at radius 3 is 1.10 bits per heavy atom. The summed E-state index contributed by atoms with van der Waals surface area (Å²) in [7, 11) is 0. The van der Waals surface area contributed by atoms with E-state index in [0.717, 1.165) is 0 Å². The molecule has 60 valence electrons. The number of rotatable bonds is 2. The summed E-state index contributed by atoms with van der Waals surface area (Å²) in [5.41, 5.74) is 0. The molecule has 0 amide bonds. The SMILES string of the molecule is [O+2].[O]=[Cr](=[O])([O-])[O][Cr](=[O])(=[O])[O-]. The van der Waals surface area contributed by atoms with E-state index in [-0.39, 0.29) is 5.48 Å². The van der Waals surface area contributed by atoms with Crippen LogP contribution < -0.4 is 8.32 Å². The van der Waals surface area contributed by atoms with Gasteiger partial charge in [-0.05, 0) is 0 Å². The second-order valence-electron chi connectivity index (χ2n) is 0.885. The zero-order chi connectivity index (χ0) is 7.71. The first-order chi connectivity index (χ1) is 3.71. The third kappa shape index (κ3) is 11.0. The molecule has 0 rings (SSSR count). The Morgan fingerprint density at radius 2 is 1.10 bits per heavy atom. The molecule has 0 bridgehead atoms.